The number of benzene rings is 1. The average Bonchev–Trinajstić information content (AvgIpc) is 2.38. The first-order valence-corrected chi connectivity index (χ1v) is 8.47. The number of ketones is 1. The van der Waals surface area contributed by atoms with E-state index in [2.05, 4.69) is 0 Å². The summed E-state index contributed by atoms with van der Waals surface area (Å²) in [4.78, 5) is 12.0. The molecule has 112 valence electrons. The molecule has 0 saturated carbocycles. The van der Waals surface area contributed by atoms with Crippen LogP contribution in [0.3, 0.4) is 0 Å². The van der Waals surface area contributed by atoms with E-state index in [9.17, 15) is 13.2 Å². The van der Waals surface area contributed by atoms with Crippen molar-refractivity contribution in [2.75, 3.05) is 12.4 Å². The predicted molar refractivity (Wildman–Crippen MR) is 80.0 cm³/mol. The monoisotopic (exact) mass is 298 g/mol. The summed E-state index contributed by atoms with van der Waals surface area (Å²) >= 11 is 0. The molecule has 0 fully saturated rings. The van der Waals surface area contributed by atoms with E-state index in [1.54, 1.807) is 31.2 Å². The van der Waals surface area contributed by atoms with Crippen LogP contribution in [0, 0.1) is 5.92 Å². The summed E-state index contributed by atoms with van der Waals surface area (Å²) in [5.74, 6) is -0.156. The molecule has 0 spiro atoms. The highest BCUT2D eigenvalue weighted by Gasteiger charge is 2.27. The van der Waals surface area contributed by atoms with Crippen LogP contribution in [-0.2, 0) is 9.84 Å². The molecular formula is C15H22O4S. The molecule has 0 aliphatic carbocycles. The number of carbonyl (C=O) groups excluding carboxylic acids is 1. The van der Waals surface area contributed by atoms with Gasteiger partial charge in [0.1, 0.15) is 11.5 Å². The van der Waals surface area contributed by atoms with Crippen molar-refractivity contribution in [3.8, 4) is 5.75 Å². The standard InChI is InChI=1S/C15H22O4S/c1-5-19-14-8-6-13(7-9-14)15(16)10-20(17,18)12(4)11(2)3/h6-9,11-12H,5,10H2,1-4H3. The topological polar surface area (TPSA) is 60.4 Å². The van der Waals surface area contributed by atoms with Crippen molar-refractivity contribution in [2.45, 2.75) is 32.9 Å². The first-order valence-electron chi connectivity index (χ1n) is 6.75. The lowest BCUT2D eigenvalue weighted by atomic mass is 10.1. The molecule has 0 radical (unpaired) electrons. The fraction of sp³-hybridized carbons (Fsp3) is 0.533. The van der Waals surface area contributed by atoms with E-state index in [0.29, 0.717) is 17.9 Å². The van der Waals surface area contributed by atoms with Gasteiger partial charge in [-0.05, 0) is 44.0 Å². The number of hydrogen-bond acceptors (Lipinski definition) is 4. The highest BCUT2D eigenvalue weighted by Crippen LogP contribution is 2.16. The molecule has 0 bridgehead atoms. The van der Waals surface area contributed by atoms with Crippen molar-refractivity contribution in [2.24, 2.45) is 5.92 Å². The molecule has 0 aromatic heterocycles. The van der Waals surface area contributed by atoms with Crippen LogP contribution in [0.25, 0.3) is 0 Å². The zero-order valence-corrected chi connectivity index (χ0v) is 13.2. The van der Waals surface area contributed by atoms with Gasteiger partial charge in [0.25, 0.3) is 0 Å². The second-order valence-corrected chi connectivity index (χ2v) is 7.49. The first kappa shape index (κ1) is 16.7. The van der Waals surface area contributed by atoms with Crippen molar-refractivity contribution >= 4 is 15.6 Å². The normalized spacial score (nSPS) is 13.2. The Morgan fingerprint density at radius 1 is 1.15 bits per heavy atom. The summed E-state index contributed by atoms with van der Waals surface area (Å²) in [5, 5.41) is -0.519. The van der Waals surface area contributed by atoms with E-state index >= 15 is 0 Å². The lowest BCUT2D eigenvalue weighted by molar-refractivity contribution is 0.102. The molecular weight excluding hydrogens is 276 g/mol. The van der Waals surface area contributed by atoms with E-state index < -0.39 is 20.8 Å². The fourth-order valence-corrected chi connectivity index (χ4v) is 3.34. The smallest absolute Gasteiger partial charge is 0.177 e. The van der Waals surface area contributed by atoms with Gasteiger partial charge in [0, 0.05) is 5.56 Å². The Hall–Kier alpha value is -1.36. The zero-order valence-electron chi connectivity index (χ0n) is 12.4. The minimum Gasteiger partial charge on any atom is -0.494 e. The number of hydrogen-bond donors (Lipinski definition) is 0. The maximum atomic E-state index is 12.1. The van der Waals surface area contributed by atoms with Gasteiger partial charge in [-0.15, -0.1) is 0 Å². The molecule has 0 amide bonds. The van der Waals surface area contributed by atoms with E-state index in [1.807, 2.05) is 20.8 Å². The SMILES string of the molecule is CCOc1ccc(C(=O)CS(=O)(=O)C(C)C(C)C)cc1. The van der Waals surface area contributed by atoms with Gasteiger partial charge >= 0.3 is 0 Å². The Kier molecular flexibility index (Phi) is 5.74. The summed E-state index contributed by atoms with van der Waals surface area (Å²) < 4.78 is 29.4. The quantitative estimate of drug-likeness (QED) is 0.726. The van der Waals surface area contributed by atoms with Gasteiger partial charge in [0.05, 0.1) is 11.9 Å². The van der Waals surface area contributed by atoms with Gasteiger partial charge in [0.2, 0.25) is 0 Å². The highest BCUT2D eigenvalue weighted by molar-refractivity contribution is 7.92. The minimum atomic E-state index is -3.41. The van der Waals surface area contributed by atoms with Crippen LogP contribution < -0.4 is 4.74 Å². The lowest BCUT2D eigenvalue weighted by Crippen LogP contribution is -2.29. The van der Waals surface area contributed by atoms with Crippen LogP contribution in [0.1, 0.15) is 38.1 Å². The molecule has 1 unspecified atom stereocenters. The number of Topliss-reactive ketones (excluding diaryl/α,β-unsaturated/α-hetero) is 1. The average molecular weight is 298 g/mol. The first-order chi connectivity index (χ1) is 9.27. The van der Waals surface area contributed by atoms with Crippen LogP contribution >= 0.6 is 0 Å². The molecule has 0 N–H and O–H groups in total. The van der Waals surface area contributed by atoms with Gasteiger partial charge in [-0.3, -0.25) is 4.79 Å². The third-order valence-electron chi connectivity index (χ3n) is 3.32. The summed E-state index contributed by atoms with van der Waals surface area (Å²) in [5.41, 5.74) is 0.396. The predicted octanol–water partition coefficient (Wildman–Crippen LogP) is 2.73. The molecule has 4 nitrogen and oxygen atoms in total. The molecule has 1 rings (SSSR count). The number of sulfone groups is 1. The van der Waals surface area contributed by atoms with Crippen molar-refractivity contribution in [3.05, 3.63) is 29.8 Å². The summed E-state index contributed by atoms with van der Waals surface area (Å²) in [6.07, 6.45) is 0. The van der Waals surface area contributed by atoms with Crippen molar-refractivity contribution in [3.63, 3.8) is 0 Å². The fourth-order valence-electron chi connectivity index (χ4n) is 1.72. The van der Waals surface area contributed by atoms with Crippen molar-refractivity contribution < 1.29 is 17.9 Å². The number of carbonyl (C=O) groups is 1. The Labute approximate surface area is 121 Å². The van der Waals surface area contributed by atoms with Gasteiger partial charge in [0.15, 0.2) is 15.6 Å². The summed E-state index contributed by atoms with van der Waals surface area (Å²) in [7, 11) is -3.41. The van der Waals surface area contributed by atoms with Gasteiger partial charge in [-0.2, -0.15) is 0 Å². The molecule has 5 heteroatoms. The Morgan fingerprint density at radius 2 is 1.70 bits per heavy atom. The summed E-state index contributed by atoms with van der Waals surface area (Å²) in [6, 6.07) is 6.55. The molecule has 1 aromatic rings. The lowest BCUT2D eigenvalue weighted by Gasteiger charge is -2.15. The maximum Gasteiger partial charge on any atom is 0.177 e. The van der Waals surface area contributed by atoms with Crippen LogP contribution in [0.2, 0.25) is 0 Å². The molecule has 0 aliphatic rings. The minimum absolute atomic E-state index is 0.00636. The van der Waals surface area contributed by atoms with Crippen LogP contribution in [0.5, 0.6) is 5.75 Å². The molecule has 0 heterocycles. The van der Waals surface area contributed by atoms with Crippen LogP contribution in [0.15, 0.2) is 24.3 Å². The Morgan fingerprint density at radius 3 is 2.15 bits per heavy atom. The zero-order chi connectivity index (χ0) is 15.3. The van der Waals surface area contributed by atoms with E-state index in [-0.39, 0.29) is 11.7 Å². The maximum absolute atomic E-state index is 12.1. The van der Waals surface area contributed by atoms with Gasteiger partial charge in [-0.1, -0.05) is 13.8 Å². The van der Waals surface area contributed by atoms with E-state index in [4.69, 9.17) is 4.74 Å². The molecule has 0 aliphatic heterocycles. The third kappa shape index (κ3) is 4.34. The molecule has 0 saturated heterocycles. The third-order valence-corrected chi connectivity index (χ3v) is 5.67. The highest BCUT2D eigenvalue weighted by atomic mass is 32.2. The molecule has 1 atom stereocenters. The largest absolute Gasteiger partial charge is 0.494 e. The van der Waals surface area contributed by atoms with Crippen molar-refractivity contribution in [1.82, 2.24) is 0 Å². The van der Waals surface area contributed by atoms with Gasteiger partial charge in [-0.25, -0.2) is 8.42 Å². The molecule has 20 heavy (non-hydrogen) atoms. The number of ether oxygens (including phenoxy) is 1. The number of rotatable bonds is 7. The van der Waals surface area contributed by atoms with Gasteiger partial charge < -0.3 is 4.74 Å². The van der Waals surface area contributed by atoms with Crippen LogP contribution in [-0.4, -0.2) is 31.8 Å². The van der Waals surface area contributed by atoms with Crippen LogP contribution in [0.4, 0.5) is 0 Å². The Bertz CT molecular complexity index is 544. The van der Waals surface area contributed by atoms with Crippen molar-refractivity contribution in [1.29, 1.82) is 0 Å². The second kappa shape index (κ2) is 6.88. The van der Waals surface area contributed by atoms with E-state index in [0.717, 1.165) is 0 Å². The van der Waals surface area contributed by atoms with E-state index in [1.165, 1.54) is 0 Å². The Balaban J connectivity index is 2.81. The molecule has 1 aromatic carbocycles. The summed E-state index contributed by atoms with van der Waals surface area (Å²) in [6.45, 7) is 7.74. The second-order valence-electron chi connectivity index (χ2n) is 5.14.